The van der Waals surface area contributed by atoms with Crippen molar-refractivity contribution in [1.82, 2.24) is 15.1 Å². The van der Waals surface area contributed by atoms with E-state index in [-0.39, 0.29) is 11.7 Å². The van der Waals surface area contributed by atoms with Crippen LogP contribution >= 0.6 is 0 Å². The van der Waals surface area contributed by atoms with Gasteiger partial charge < -0.3 is 5.32 Å². The minimum atomic E-state index is -0.269. The number of nitrogens with one attached hydrogen (secondary N) is 1. The predicted octanol–water partition coefficient (Wildman–Crippen LogP) is 3.98. The lowest BCUT2D eigenvalue weighted by Gasteiger charge is -2.18. The van der Waals surface area contributed by atoms with Gasteiger partial charge in [0.1, 0.15) is 5.82 Å². The number of rotatable bonds is 4. The summed E-state index contributed by atoms with van der Waals surface area (Å²) in [7, 11) is 0. The predicted molar refractivity (Wildman–Crippen MR) is 99.0 cm³/mol. The minimum absolute atomic E-state index is 0.0847. The average Bonchev–Trinajstić information content (AvgIpc) is 3.07. The van der Waals surface area contributed by atoms with E-state index in [9.17, 15) is 9.18 Å². The van der Waals surface area contributed by atoms with E-state index in [2.05, 4.69) is 22.6 Å². The smallest absolute Gasteiger partial charge is 0.272 e. The number of carbonyl (C=O) groups is 1. The van der Waals surface area contributed by atoms with Gasteiger partial charge in [0, 0.05) is 17.8 Å². The Morgan fingerprint density at radius 1 is 1.19 bits per heavy atom. The standard InChI is InChI=1S/C21H24FN3O/c22-16-10-12-17(13-11-16)25-19-9-5-4-8-18(19)20(24-25)21(26)23-14-15-6-2-1-3-7-15/h1-2,10-13,15H,3-9,14H2,(H,23,26). The number of hydrogen-bond donors (Lipinski definition) is 1. The Bertz CT molecular complexity index is 823. The second-order valence-corrected chi connectivity index (χ2v) is 7.23. The molecule has 0 aliphatic heterocycles. The monoisotopic (exact) mass is 353 g/mol. The molecule has 4 rings (SSSR count). The number of amides is 1. The molecule has 1 atom stereocenters. The van der Waals surface area contributed by atoms with Crippen molar-refractivity contribution in [3.8, 4) is 5.69 Å². The maximum Gasteiger partial charge on any atom is 0.272 e. The molecule has 0 bridgehead atoms. The highest BCUT2D eigenvalue weighted by Crippen LogP contribution is 2.27. The van der Waals surface area contributed by atoms with Crippen molar-refractivity contribution in [3.63, 3.8) is 0 Å². The zero-order chi connectivity index (χ0) is 17.9. The summed E-state index contributed by atoms with van der Waals surface area (Å²) in [4.78, 5) is 12.8. The maximum atomic E-state index is 13.3. The normalized spacial score (nSPS) is 19.2. The summed E-state index contributed by atoms with van der Waals surface area (Å²) in [5.74, 6) is 0.159. The summed E-state index contributed by atoms with van der Waals surface area (Å²) >= 11 is 0. The first-order chi connectivity index (χ1) is 12.7. The van der Waals surface area contributed by atoms with Crippen LogP contribution in [0.25, 0.3) is 5.69 Å². The van der Waals surface area contributed by atoms with Gasteiger partial charge in [0.25, 0.3) is 5.91 Å². The second-order valence-electron chi connectivity index (χ2n) is 7.23. The molecule has 0 fully saturated rings. The Kier molecular flexibility index (Phi) is 4.87. The first-order valence-corrected chi connectivity index (χ1v) is 9.52. The summed E-state index contributed by atoms with van der Waals surface area (Å²) < 4.78 is 15.1. The van der Waals surface area contributed by atoms with E-state index in [1.165, 1.54) is 12.1 Å². The lowest BCUT2D eigenvalue weighted by molar-refractivity contribution is 0.0940. The van der Waals surface area contributed by atoms with Crippen molar-refractivity contribution in [2.75, 3.05) is 6.54 Å². The second kappa shape index (κ2) is 7.44. The number of nitrogens with zero attached hydrogens (tertiary/aromatic N) is 2. The summed E-state index contributed by atoms with van der Waals surface area (Å²) in [5, 5.41) is 7.71. The first kappa shape index (κ1) is 17.0. The van der Waals surface area contributed by atoms with Crippen LogP contribution in [0, 0.1) is 11.7 Å². The van der Waals surface area contributed by atoms with Gasteiger partial charge >= 0.3 is 0 Å². The molecule has 1 amide bonds. The highest BCUT2D eigenvalue weighted by Gasteiger charge is 2.26. The molecular formula is C21H24FN3O. The van der Waals surface area contributed by atoms with Crippen LogP contribution in [-0.2, 0) is 12.8 Å². The first-order valence-electron chi connectivity index (χ1n) is 9.52. The van der Waals surface area contributed by atoms with Crippen LogP contribution in [0.5, 0.6) is 0 Å². The molecule has 1 aromatic carbocycles. The zero-order valence-corrected chi connectivity index (χ0v) is 14.9. The summed E-state index contributed by atoms with van der Waals surface area (Å²) in [6.45, 7) is 0.696. The van der Waals surface area contributed by atoms with Gasteiger partial charge in [-0.25, -0.2) is 9.07 Å². The molecule has 5 heteroatoms. The molecular weight excluding hydrogens is 329 g/mol. The molecule has 0 saturated carbocycles. The quantitative estimate of drug-likeness (QED) is 0.845. The zero-order valence-electron chi connectivity index (χ0n) is 14.9. The molecule has 1 unspecified atom stereocenters. The van der Waals surface area contributed by atoms with E-state index in [0.29, 0.717) is 18.2 Å². The fourth-order valence-electron chi connectivity index (χ4n) is 3.94. The van der Waals surface area contributed by atoms with Crippen molar-refractivity contribution in [1.29, 1.82) is 0 Å². The number of halogens is 1. The molecule has 2 aliphatic carbocycles. The van der Waals surface area contributed by atoms with Crippen molar-refractivity contribution >= 4 is 5.91 Å². The van der Waals surface area contributed by atoms with Crippen molar-refractivity contribution in [3.05, 3.63) is 59.2 Å². The molecule has 26 heavy (non-hydrogen) atoms. The summed E-state index contributed by atoms with van der Waals surface area (Å²) in [6, 6.07) is 6.30. The van der Waals surface area contributed by atoms with Gasteiger partial charge in [-0.15, -0.1) is 0 Å². The molecule has 1 aromatic heterocycles. The van der Waals surface area contributed by atoms with Crippen molar-refractivity contribution in [2.24, 2.45) is 5.92 Å². The largest absolute Gasteiger partial charge is 0.350 e. The van der Waals surface area contributed by atoms with Gasteiger partial charge in [-0.05, 0) is 75.1 Å². The molecule has 0 saturated heterocycles. The van der Waals surface area contributed by atoms with Crippen LogP contribution in [0.3, 0.4) is 0 Å². The third-order valence-corrected chi connectivity index (χ3v) is 5.40. The number of hydrogen-bond acceptors (Lipinski definition) is 2. The van der Waals surface area contributed by atoms with E-state index in [1.807, 2.05) is 4.68 Å². The number of benzene rings is 1. The number of carbonyl (C=O) groups excluding carboxylic acids is 1. The van der Waals surface area contributed by atoms with Gasteiger partial charge in [-0.2, -0.15) is 5.10 Å². The van der Waals surface area contributed by atoms with E-state index in [0.717, 1.165) is 61.9 Å². The Labute approximate surface area is 153 Å². The van der Waals surface area contributed by atoms with Crippen LogP contribution in [-0.4, -0.2) is 22.2 Å². The maximum absolute atomic E-state index is 13.3. The molecule has 1 heterocycles. The van der Waals surface area contributed by atoms with Crippen LogP contribution in [0.2, 0.25) is 0 Å². The van der Waals surface area contributed by atoms with Gasteiger partial charge in [0.15, 0.2) is 5.69 Å². The molecule has 1 N–H and O–H groups in total. The Balaban J connectivity index is 1.58. The van der Waals surface area contributed by atoms with Crippen LogP contribution in [0.1, 0.15) is 53.8 Å². The van der Waals surface area contributed by atoms with Gasteiger partial charge in [0.05, 0.1) is 5.69 Å². The van der Waals surface area contributed by atoms with E-state index in [4.69, 9.17) is 0 Å². The lowest BCUT2D eigenvalue weighted by Crippen LogP contribution is -2.30. The molecule has 0 radical (unpaired) electrons. The van der Waals surface area contributed by atoms with E-state index in [1.54, 1.807) is 12.1 Å². The molecule has 4 nitrogen and oxygen atoms in total. The van der Waals surface area contributed by atoms with Gasteiger partial charge in [-0.1, -0.05) is 12.2 Å². The number of fused-ring (bicyclic) bond motifs is 1. The third-order valence-electron chi connectivity index (χ3n) is 5.40. The van der Waals surface area contributed by atoms with Gasteiger partial charge in [0.2, 0.25) is 0 Å². The van der Waals surface area contributed by atoms with Crippen molar-refractivity contribution < 1.29 is 9.18 Å². The highest BCUT2D eigenvalue weighted by molar-refractivity contribution is 5.94. The highest BCUT2D eigenvalue weighted by atomic mass is 19.1. The van der Waals surface area contributed by atoms with Gasteiger partial charge in [-0.3, -0.25) is 4.79 Å². The Morgan fingerprint density at radius 2 is 2.00 bits per heavy atom. The fraction of sp³-hybridized carbons (Fsp3) is 0.429. The third kappa shape index (κ3) is 3.43. The summed E-state index contributed by atoms with van der Waals surface area (Å²) in [5.41, 5.74) is 3.49. The lowest BCUT2D eigenvalue weighted by atomic mass is 9.94. The number of aromatic nitrogens is 2. The Morgan fingerprint density at radius 3 is 2.77 bits per heavy atom. The van der Waals surface area contributed by atoms with E-state index < -0.39 is 0 Å². The summed E-state index contributed by atoms with van der Waals surface area (Å²) in [6.07, 6.45) is 11.6. The molecule has 136 valence electrons. The molecule has 2 aliphatic rings. The molecule has 0 spiro atoms. The van der Waals surface area contributed by atoms with Crippen LogP contribution in [0.4, 0.5) is 4.39 Å². The fourth-order valence-corrected chi connectivity index (χ4v) is 3.94. The molecule has 2 aromatic rings. The van der Waals surface area contributed by atoms with E-state index >= 15 is 0 Å². The SMILES string of the molecule is O=C(NCC1CC=CCC1)c1nn(-c2ccc(F)cc2)c2c1CCCC2. The number of allylic oxidation sites excluding steroid dienone is 2. The van der Waals surface area contributed by atoms with Crippen LogP contribution in [0.15, 0.2) is 36.4 Å². The van der Waals surface area contributed by atoms with Crippen LogP contribution < -0.4 is 5.32 Å². The minimum Gasteiger partial charge on any atom is -0.350 e. The van der Waals surface area contributed by atoms with Crippen molar-refractivity contribution in [2.45, 2.75) is 44.9 Å². The average molecular weight is 353 g/mol. The Hall–Kier alpha value is -2.43. The topological polar surface area (TPSA) is 46.9 Å².